The number of carbonyl (C=O) groups excluding carboxylic acids is 1. The lowest BCUT2D eigenvalue weighted by atomic mass is 10.0. The molecule has 1 amide bonds. The first-order chi connectivity index (χ1) is 8.84. The van der Waals surface area contributed by atoms with Crippen LogP contribution in [0, 0.1) is 0 Å². The minimum absolute atomic E-state index is 0.0698. The fourth-order valence-electron chi connectivity index (χ4n) is 2.30. The van der Waals surface area contributed by atoms with Gasteiger partial charge in [0.15, 0.2) is 0 Å². The molecule has 1 aliphatic rings. The van der Waals surface area contributed by atoms with Crippen LogP contribution < -0.4 is 9.64 Å². The number of amides is 1. The largest absolute Gasteiger partial charge is 0.484 e. The van der Waals surface area contributed by atoms with Crippen LogP contribution in [0.15, 0.2) is 18.2 Å². The Balaban J connectivity index is 2.48. The van der Waals surface area contributed by atoms with Gasteiger partial charge in [-0.05, 0) is 38.5 Å². The summed E-state index contributed by atoms with van der Waals surface area (Å²) in [6, 6.07) is 5.50. The first-order valence-electron chi connectivity index (χ1n) is 6.65. The lowest BCUT2D eigenvalue weighted by Crippen LogP contribution is -2.49. The molecule has 0 bridgehead atoms. The summed E-state index contributed by atoms with van der Waals surface area (Å²) < 4.78 is 5.90. The van der Waals surface area contributed by atoms with Crippen LogP contribution in [0.2, 0.25) is 0 Å². The van der Waals surface area contributed by atoms with Crippen LogP contribution in [-0.4, -0.2) is 23.2 Å². The Morgan fingerprint density at radius 3 is 2.79 bits per heavy atom. The van der Waals surface area contributed by atoms with Crippen molar-refractivity contribution >= 4 is 11.6 Å². The van der Waals surface area contributed by atoms with Crippen molar-refractivity contribution in [3.8, 4) is 5.75 Å². The predicted molar refractivity (Wildman–Crippen MR) is 74.4 cm³/mol. The van der Waals surface area contributed by atoms with Crippen molar-refractivity contribution in [1.82, 2.24) is 0 Å². The Kier molecular flexibility index (Phi) is 3.54. The molecule has 1 atom stereocenters. The first kappa shape index (κ1) is 13.9. The molecular weight excluding hydrogens is 242 g/mol. The highest BCUT2D eigenvalue weighted by Crippen LogP contribution is 2.38. The molecule has 0 saturated heterocycles. The van der Waals surface area contributed by atoms with E-state index >= 15 is 0 Å². The van der Waals surface area contributed by atoms with Gasteiger partial charge in [-0.1, -0.05) is 13.0 Å². The van der Waals surface area contributed by atoms with Crippen molar-refractivity contribution in [1.29, 1.82) is 0 Å². The molecule has 4 nitrogen and oxygen atoms in total. The third kappa shape index (κ3) is 2.73. The Labute approximate surface area is 114 Å². The standard InChI is InChI=1S/C15H21NO3/c1-5-14(18)16-9-15(3,4)19-13-7-6-11(10(2)17)8-12(13)16/h6-8,10,17H,5,9H2,1-4H3. The van der Waals surface area contributed by atoms with Crippen LogP contribution in [0.25, 0.3) is 0 Å². The molecule has 4 heteroatoms. The van der Waals surface area contributed by atoms with Crippen molar-refractivity contribution in [2.75, 3.05) is 11.4 Å². The molecule has 1 N–H and O–H groups in total. The van der Waals surface area contributed by atoms with E-state index in [1.54, 1.807) is 11.8 Å². The zero-order chi connectivity index (χ0) is 14.2. The maximum atomic E-state index is 12.1. The van der Waals surface area contributed by atoms with E-state index in [0.717, 1.165) is 11.3 Å². The smallest absolute Gasteiger partial charge is 0.226 e. The molecule has 0 spiro atoms. The van der Waals surface area contributed by atoms with Gasteiger partial charge < -0.3 is 14.7 Å². The fraction of sp³-hybridized carbons (Fsp3) is 0.533. The molecule has 19 heavy (non-hydrogen) atoms. The molecule has 104 valence electrons. The number of carbonyl (C=O) groups is 1. The van der Waals surface area contributed by atoms with E-state index in [-0.39, 0.29) is 5.91 Å². The average Bonchev–Trinajstić information content (AvgIpc) is 2.35. The summed E-state index contributed by atoms with van der Waals surface area (Å²) in [5.41, 5.74) is 1.14. The van der Waals surface area contributed by atoms with Crippen LogP contribution >= 0.6 is 0 Å². The summed E-state index contributed by atoms with van der Waals surface area (Å²) in [4.78, 5) is 13.9. The minimum Gasteiger partial charge on any atom is -0.484 e. The summed E-state index contributed by atoms with van der Waals surface area (Å²) in [5.74, 6) is 0.766. The van der Waals surface area contributed by atoms with Crippen LogP contribution in [0.4, 0.5) is 5.69 Å². The molecule has 0 aromatic heterocycles. The highest BCUT2D eigenvalue weighted by atomic mass is 16.5. The maximum absolute atomic E-state index is 12.1. The van der Waals surface area contributed by atoms with Crippen molar-refractivity contribution in [3.05, 3.63) is 23.8 Å². The molecule has 1 heterocycles. The van der Waals surface area contributed by atoms with Crippen molar-refractivity contribution in [2.24, 2.45) is 0 Å². The van der Waals surface area contributed by atoms with Crippen molar-refractivity contribution < 1.29 is 14.6 Å². The number of hydrogen-bond acceptors (Lipinski definition) is 3. The number of benzene rings is 1. The van der Waals surface area contributed by atoms with Gasteiger partial charge in [0.2, 0.25) is 5.91 Å². The average molecular weight is 263 g/mol. The second-order valence-electron chi connectivity index (χ2n) is 5.60. The summed E-state index contributed by atoms with van der Waals surface area (Å²) in [6.07, 6.45) is -0.104. The molecule has 1 unspecified atom stereocenters. The summed E-state index contributed by atoms with van der Waals surface area (Å²) in [7, 11) is 0. The first-order valence-corrected chi connectivity index (χ1v) is 6.65. The van der Waals surface area contributed by atoms with E-state index in [2.05, 4.69) is 0 Å². The number of rotatable bonds is 2. The van der Waals surface area contributed by atoms with Gasteiger partial charge in [-0.15, -0.1) is 0 Å². The third-order valence-electron chi connectivity index (χ3n) is 3.28. The second-order valence-corrected chi connectivity index (χ2v) is 5.60. The number of ether oxygens (including phenoxy) is 1. The lowest BCUT2D eigenvalue weighted by Gasteiger charge is -2.40. The number of aliphatic hydroxyl groups excluding tert-OH is 1. The molecule has 0 saturated carbocycles. The van der Waals surface area contributed by atoms with Gasteiger partial charge in [0.25, 0.3) is 0 Å². The Bertz CT molecular complexity index is 494. The fourth-order valence-corrected chi connectivity index (χ4v) is 2.30. The highest BCUT2D eigenvalue weighted by Gasteiger charge is 2.34. The van der Waals surface area contributed by atoms with E-state index in [9.17, 15) is 9.90 Å². The second kappa shape index (κ2) is 4.85. The van der Waals surface area contributed by atoms with E-state index < -0.39 is 11.7 Å². The van der Waals surface area contributed by atoms with E-state index in [1.165, 1.54) is 0 Å². The van der Waals surface area contributed by atoms with Crippen LogP contribution in [0.5, 0.6) is 5.75 Å². The van der Waals surface area contributed by atoms with E-state index in [1.807, 2.05) is 39.0 Å². The molecule has 1 aliphatic heterocycles. The quantitative estimate of drug-likeness (QED) is 0.892. The van der Waals surface area contributed by atoms with Gasteiger partial charge in [-0.3, -0.25) is 4.79 Å². The number of nitrogens with zero attached hydrogens (tertiary/aromatic N) is 1. The molecule has 1 aromatic carbocycles. The Morgan fingerprint density at radius 2 is 2.21 bits per heavy atom. The van der Waals surface area contributed by atoms with E-state index in [4.69, 9.17) is 4.74 Å². The molecule has 2 rings (SSSR count). The predicted octanol–water partition coefficient (Wildman–Crippen LogP) is 2.65. The third-order valence-corrected chi connectivity index (χ3v) is 3.28. The zero-order valence-corrected chi connectivity index (χ0v) is 11.9. The molecule has 1 aromatic rings. The topological polar surface area (TPSA) is 49.8 Å². The number of aliphatic hydroxyl groups is 1. The van der Waals surface area contributed by atoms with Crippen LogP contribution in [-0.2, 0) is 4.79 Å². The Hall–Kier alpha value is -1.55. The van der Waals surface area contributed by atoms with Crippen molar-refractivity contribution in [3.63, 3.8) is 0 Å². The normalized spacial score (nSPS) is 18.5. The summed E-state index contributed by atoms with van der Waals surface area (Å²) in [6.45, 7) is 8.02. The number of fused-ring (bicyclic) bond motifs is 1. The SMILES string of the molecule is CCC(=O)N1CC(C)(C)Oc2ccc(C(C)O)cc21. The van der Waals surface area contributed by atoms with Gasteiger partial charge in [-0.2, -0.15) is 0 Å². The van der Waals surface area contributed by atoms with Crippen LogP contribution in [0.1, 0.15) is 45.8 Å². The van der Waals surface area contributed by atoms with E-state index in [0.29, 0.717) is 18.7 Å². The van der Waals surface area contributed by atoms with Gasteiger partial charge in [0, 0.05) is 6.42 Å². The Morgan fingerprint density at radius 1 is 1.53 bits per heavy atom. The van der Waals surface area contributed by atoms with Gasteiger partial charge in [-0.25, -0.2) is 0 Å². The van der Waals surface area contributed by atoms with Crippen molar-refractivity contribution in [2.45, 2.75) is 45.8 Å². The van der Waals surface area contributed by atoms with Gasteiger partial charge in [0.1, 0.15) is 11.4 Å². The summed E-state index contributed by atoms with van der Waals surface area (Å²) in [5, 5.41) is 9.67. The molecule has 0 fully saturated rings. The van der Waals surface area contributed by atoms with Gasteiger partial charge in [0.05, 0.1) is 18.3 Å². The molecule has 0 radical (unpaired) electrons. The maximum Gasteiger partial charge on any atom is 0.226 e. The van der Waals surface area contributed by atoms with Gasteiger partial charge >= 0.3 is 0 Å². The minimum atomic E-state index is -0.557. The molecular formula is C15H21NO3. The number of anilines is 1. The zero-order valence-electron chi connectivity index (χ0n) is 11.9. The highest BCUT2D eigenvalue weighted by molar-refractivity contribution is 5.95. The molecule has 0 aliphatic carbocycles. The lowest BCUT2D eigenvalue weighted by molar-refractivity contribution is -0.119. The summed E-state index contributed by atoms with van der Waals surface area (Å²) >= 11 is 0. The number of hydrogen-bond donors (Lipinski definition) is 1. The van der Waals surface area contributed by atoms with Crippen LogP contribution in [0.3, 0.4) is 0 Å². The monoisotopic (exact) mass is 263 g/mol.